The van der Waals surface area contributed by atoms with Crippen molar-refractivity contribution in [1.29, 1.82) is 0 Å². The van der Waals surface area contributed by atoms with E-state index in [2.05, 4.69) is 31.1 Å². The van der Waals surface area contributed by atoms with E-state index in [1.54, 1.807) is 6.92 Å². The molecule has 0 amide bonds. The Kier molecular flexibility index (Phi) is 4.97. The van der Waals surface area contributed by atoms with E-state index in [0.29, 0.717) is 6.42 Å². The molecule has 0 radical (unpaired) electrons. The first-order chi connectivity index (χ1) is 8.71. The Morgan fingerprint density at radius 2 is 2.11 bits per heavy atom. The van der Waals surface area contributed by atoms with E-state index >= 15 is 0 Å². The van der Waals surface area contributed by atoms with Crippen LogP contribution in [0.3, 0.4) is 0 Å². The van der Waals surface area contributed by atoms with Crippen LogP contribution < -0.4 is 0 Å². The summed E-state index contributed by atoms with van der Waals surface area (Å²) in [6, 6.07) is 0. The molecule has 0 saturated heterocycles. The molecule has 1 aliphatic carbocycles. The van der Waals surface area contributed by atoms with Gasteiger partial charge in [-0.25, -0.2) is 0 Å². The topological polar surface area (TPSA) is 43.4 Å². The molecule has 0 aromatic carbocycles. The number of hydrogen-bond acceptors (Lipinski definition) is 3. The lowest BCUT2D eigenvalue weighted by Gasteiger charge is -2.26. The molecule has 0 spiro atoms. The first-order valence-electron chi connectivity index (χ1n) is 6.83. The van der Waals surface area contributed by atoms with Crippen molar-refractivity contribution >= 4 is 19.8 Å². The van der Waals surface area contributed by atoms with Crippen LogP contribution in [-0.4, -0.2) is 26.9 Å². The molecule has 0 bridgehead atoms. The van der Waals surface area contributed by atoms with Gasteiger partial charge in [-0.3, -0.25) is 9.59 Å². The molecular formula is C15H24O3Si. The fourth-order valence-electron chi connectivity index (χ4n) is 2.58. The highest BCUT2D eigenvalue weighted by molar-refractivity contribution is 6.83. The van der Waals surface area contributed by atoms with Gasteiger partial charge < -0.3 is 4.74 Å². The fraction of sp³-hybridized carbons (Fsp3) is 0.733. The van der Waals surface area contributed by atoms with Crippen LogP contribution in [0.4, 0.5) is 0 Å². The highest BCUT2D eigenvalue weighted by Gasteiger charge is 2.52. The fourth-order valence-corrected chi connectivity index (χ4v) is 3.24. The van der Waals surface area contributed by atoms with Crippen LogP contribution >= 0.6 is 0 Å². The lowest BCUT2D eigenvalue weighted by molar-refractivity contribution is -0.158. The van der Waals surface area contributed by atoms with Crippen LogP contribution in [0.5, 0.6) is 0 Å². The molecule has 1 rings (SSSR count). The van der Waals surface area contributed by atoms with Crippen molar-refractivity contribution in [2.75, 3.05) is 7.11 Å². The Morgan fingerprint density at radius 3 is 2.63 bits per heavy atom. The summed E-state index contributed by atoms with van der Waals surface area (Å²) in [5, 5.41) is 0. The molecule has 2 atom stereocenters. The SMILES string of the molecule is COC(=O)[C@@]1(C)C(=O)CC[C@H]1CCC#C[Si](C)(C)C. The first kappa shape index (κ1) is 16.0. The average Bonchev–Trinajstić information content (AvgIpc) is 2.61. The van der Waals surface area contributed by atoms with E-state index in [1.165, 1.54) is 7.11 Å². The van der Waals surface area contributed by atoms with Crippen molar-refractivity contribution in [2.45, 2.75) is 52.2 Å². The lowest BCUT2D eigenvalue weighted by Crippen LogP contribution is -2.38. The third-order valence-electron chi connectivity index (χ3n) is 3.81. The van der Waals surface area contributed by atoms with Gasteiger partial charge in [-0.15, -0.1) is 11.5 Å². The Hall–Kier alpha value is -1.08. The monoisotopic (exact) mass is 280 g/mol. The van der Waals surface area contributed by atoms with Gasteiger partial charge in [-0.05, 0) is 25.7 Å². The van der Waals surface area contributed by atoms with E-state index in [-0.39, 0.29) is 11.7 Å². The Labute approximate surface area is 117 Å². The average molecular weight is 280 g/mol. The van der Waals surface area contributed by atoms with Crippen LogP contribution in [0.2, 0.25) is 19.6 Å². The summed E-state index contributed by atoms with van der Waals surface area (Å²) in [5.41, 5.74) is 2.37. The summed E-state index contributed by atoms with van der Waals surface area (Å²) in [6.45, 7) is 8.34. The standard InChI is InChI=1S/C15H24O3Si/c1-15(14(17)18-2)12(9-10-13(15)16)8-6-7-11-19(3,4)5/h12H,6,8-10H2,1-5H3/t12-,15-/m1/s1. The maximum Gasteiger partial charge on any atom is 0.319 e. The molecule has 3 nitrogen and oxygen atoms in total. The summed E-state index contributed by atoms with van der Waals surface area (Å²) in [5.74, 6) is 2.91. The van der Waals surface area contributed by atoms with Crippen LogP contribution in [0.25, 0.3) is 0 Å². The van der Waals surface area contributed by atoms with Gasteiger partial charge in [-0.1, -0.05) is 19.6 Å². The lowest BCUT2D eigenvalue weighted by atomic mass is 9.77. The number of ether oxygens (including phenoxy) is 1. The van der Waals surface area contributed by atoms with Gasteiger partial charge in [0.1, 0.15) is 19.3 Å². The summed E-state index contributed by atoms with van der Waals surface area (Å²) in [7, 11) is 0.0169. The molecule has 19 heavy (non-hydrogen) atoms. The first-order valence-corrected chi connectivity index (χ1v) is 10.3. The molecule has 1 fully saturated rings. The molecule has 106 valence electrons. The molecule has 1 aliphatic rings. The van der Waals surface area contributed by atoms with E-state index in [1.807, 2.05) is 0 Å². The van der Waals surface area contributed by atoms with Crippen molar-refractivity contribution in [2.24, 2.45) is 11.3 Å². The Bertz CT molecular complexity index is 425. The number of rotatable bonds is 3. The van der Waals surface area contributed by atoms with Crippen molar-refractivity contribution in [3.05, 3.63) is 0 Å². The van der Waals surface area contributed by atoms with Crippen molar-refractivity contribution < 1.29 is 14.3 Å². The van der Waals surface area contributed by atoms with Gasteiger partial charge in [0.15, 0.2) is 0 Å². The zero-order chi connectivity index (χ0) is 14.7. The van der Waals surface area contributed by atoms with Gasteiger partial charge in [0.2, 0.25) is 0 Å². The molecule has 0 aromatic heterocycles. The van der Waals surface area contributed by atoms with Gasteiger partial charge >= 0.3 is 5.97 Å². The minimum atomic E-state index is -1.33. The number of carbonyl (C=O) groups is 2. The summed E-state index contributed by atoms with van der Waals surface area (Å²) >= 11 is 0. The molecule has 0 N–H and O–H groups in total. The third kappa shape index (κ3) is 3.70. The van der Waals surface area contributed by atoms with Crippen molar-refractivity contribution in [1.82, 2.24) is 0 Å². The van der Waals surface area contributed by atoms with E-state index in [4.69, 9.17) is 4.74 Å². The summed E-state index contributed by atoms with van der Waals surface area (Å²) in [6.07, 6.45) is 2.82. The predicted molar refractivity (Wildman–Crippen MR) is 78.2 cm³/mol. The molecule has 0 aliphatic heterocycles. The second-order valence-electron chi connectivity index (χ2n) is 6.44. The maximum atomic E-state index is 12.0. The minimum absolute atomic E-state index is 0.0162. The number of carbonyl (C=O) groups excluding carboxylic acids is 2. The second kappa shape index (κ2) is 5.92. The summed E-state index contributed by atoms with van der Waals surface area (Å²) in [4.78, 5) is 23.8. The molecule has 4 heteroatoms. The van der Waals surface area contributed by atoms with Crippen LogP contribution in [-0.2, 0) is 14.3 Å². The Balaban J connectivity index is 2.70. The van der Waals surface area contributed by atoms with E-state index < -0.39 is 19.5 Å². The number of ketones is 1. The van der Waals surface area contributed by atoms with E-state index in [9.17, 15) is 9.59 Å². The zero-order valence-electron chi connectivity index (χ0n) is 12.6. The van der Waals surface area contributed by atoms with Gasteiger partial charge in [0, 0.05) is 12.8 Å². The number of methoxy groups -OCH3 is 1. The number of Topliss-reactive ketones (excluding diaryl/α,β-unsaturated/α-hetero) is 1. The molecule has 0 aromatic rings. The Morgan fingerprint density at radius 1 is 1.47 bits per heavy atom. The van der Waals surface area contributed by atoms with Crippen molar-refractivity contribution in [3.63, 3.8) is 0 Å². The van der Waals surface area contributed by atoms with E-state index in [0.717, 1.165) is 19.3 Å². The molecular weight excluding hydrogens is 256 g/mol. The van der Waals surface area contributed by atoms with Gasteiger partial charge in [0.25, 0.3) is 0 Å². The third-order valence-corrected chi connectivity index (χ3v) is 4.73. The van der Waals surface area contributed by atoms with Gasteiger partial charge in [-0.2, -0.15) is 0 Å². The largest absolute Gasteiger partial charge is 0.468 e. The van der Waals surface area contributed by atoms with Crippen molar-refractivity contribution in [3.8, 4) is 11.5 Å². The quantitative estimate of drug-likeness (QED) is 0.345. The highest BCUT2D eigenvalue weighted by Crippen LogP contribution is 2.43. The van der Waals surface area contributed by atoms with Crippen LogP contribution in [0.1, 0.15) is 32.6 Å². The van der Waals surface area contributed by atoms with Crippen LogP contribution in [0, 0.1) is 22.8 Å². The second-order valence-corrected chi connectivity index (χ2v) is 11.2. The van der Waals surface area contributed by atoms with Gasteiger partial charge in [0.05, 0.1) is 7.11 Å². The van der Waals surface area contributed by atoms with Crippen LogP contribution in [0.15, 0.2) is 0 Å². The minimum Gasteiger partial charge on any atom is -0.468 e. The normalized spacial score (nSPS) is 26.8. The molecule has 0 heterocycles. The maximum absolute atomic E-state index is 12.0. The summed E-state index contributed by atoms with van der Waals surface area (Å²) < 4.78 is 4.81. The molecule has 0 unspecified atom stereocenters. The smallest absolute Gasteiger partial charge is 0.319 e. The highest BCUT2D eigenvalue weighted by atomic mass is 28.3. The zero-order valence-corrected chi connectivity index (χ0v) is 13.6. The number of esters is 1. The molecule has 1 saturated carbocycles. The predicted octanol–water partition coefficient (Wildman–Crippen LogP) is 2.81. The number of hydrogen-bond donors (Lipinski definition) is 0.